The zero-order valence-electron chi connectivity index (χ0n) is 12.4. The van der Waals surface area contributed by atoms with Gasteiger partial charge in [-0.15, -0.1) is 0 Å². The van der Waals surface area contributed by atoms with Crippen molar-refractivity contribution < 1.29 is 0 Å². The Hall–Kier alpha value is -1.80. The van der Waals surface area contributed by atoms with Gasteiger partial charge in [-0.1, -0.05) is 36.4 Å². The fourth-order valence-corrected chi connectivity index (χ4v) is 3.72. The maximum absolute atomic E-state index is 3.45. The number of nitrogens with one attached hydrogen (secondary N) is 1. The van der Waals surface area contributed by atoms with Crippen LogP contribution in [0.1, 0.15) is 22.3 Å². The predicted octanol–water partition coefficient (Wildman–Crippen LogP) is 2.79. The molecule has 1 aliphatic carbocycles. The molecular formula is C19H22N2. The topological polar surface area (TPSA) is 15.3 Å². The first kappa shape index (κ1) is 12.9. The second-order valence-corrected chi connectivity index (χ2v) is 6.10. The first-order chi connectivity index (χ1) is 10.4. The van der Waals surface area contributed by atoms with Gasteiger partial charge in [0, 0.05) is 31.9 Å². The summed E-state index contributed by atoms with van der Waals surface area (Å²) in [5, 5.41) is 3.45. The third-order valence-electron chi connectivity index (χ3n) is 4.85. The molecule has 0 atom stereocenters. The average Bonchev–Trinajstić information content (AvgIpc) is 2.74. The van der Waals surface area contributed by atoms with Crippen LogP contribution >= 0.6 is 0 Å². The molecule has 108 valence electrons. The third kappa shape index (κ3) is 2.44. The zero-order chi connectivity index (χ0) is 14.1. The van der Waals surface area contributed by atoms with E-state index in [2.05, 4.69) is 52.7 Å². The van der Waals surface area contributed by atoms with E-state index in [1.807, 2.05) is 0 Å². The van der Waals surface area contributed by atoms with E-state index in [9.17, 15) is 0 Å². The van der Waals surface area contributed by atoms with Crippen LogP contribution in [-0.4, -0.2) is 26.2 Å². The first-order valence-corrected chi connectivity index (χ1v) is 8.05. The van der Waals surface area contributed by atoms with Crippen molar-refractivity contribution in [2.75, 3.05) is 31.1 Å². The summed E-state index contributed by atoms with van der Waals surface area (Å²) in [5.41, 5.74) is 7.61. The molecule has 2 aromatic carbocycles. The Morgan fingerprint density at radius 1 is 0.762 bits per heavy atom. The molecule has 4 rings (SSSR count). The maximum Gasteiger partial charge on any atom is 0.0402 e. The van der Waals surface area contributed by atoms with Crippen LogP contribution in [0.2, 0.25) is 0 Å². The van der Waals surface area contributed by atoms with Gasteiger partial charge in [-0.2, -0.15) is 0 Å². The Morgan fingerprint density at radius 2 is 1.52 bits per heavy atom. The minimum Gasteiger partial charge on any atom is -0.369 e. The van der Waals surface area contributed by atoms with E-state index in [4.69, 9.17) is 0 Å². The molecule has 1 heterocycles. The van der Waals surface area contributed by atoms with Gasteiger partial charge in [0.15, 0.2) is 0 Å². The number of anilines is 1. The lowest BCUT2D eigenvalue weighted by Crippen LogP contribution is -2.44. The van der Waals surface area contributed by atoms with Gasteiger partial charge in [0.25, 0.3) is 0 Å². The van der Waals surface area contributed by atoms with Gasteiger partial charge in [0.2, 0.25) is 0 Å². The summed E-state index contributed by atoms with van der Waals surface area (Å²) in [6.07, 6.45) is 3.43. The Labute approximate surface area is 126 Å². The molecule has 21 heavy (non-hydrogen) atoms. The Balaban J connectivity index is 1.72. The van der Waals surface area contributed by atoms with E-state index in [0.717, 1.165) is 32.6 Å². The molecule has 2 aromatic rings. The van der Waals surface area contributed by atoms with Crippen molar-refractivity contribution in [1.29, 1.82) is 0 Å². The monoisotopic (exact) mass is 278 g/mol. The molecule has 1 saturated heterocycles. The van der Waals surface area contributed by atoms with Crippen molar-refractivity contribution in [2.24, 2.45) is 0 Å². The number of rotatable bonds is 1. The summed E-state index contributed by atoms with van der Waals surface area (Å²) >= 11 is 0. The maximum atomic E-state index is 3.45. The van der Waals surface area contributed by atoms with Crippen LogP contribution in [0.3, 0.4) is 0 Å². The van der Waals surface area contributed by atoms with E-state index in [-0.39, 0.29) is 0 Å². The lowest BCUT2D eigenvalue weighted by Gasteiger charge is -2.31. The normalized spacial score (nSPS) is 17.8. The van der Waals surface area contributed by atoms with Gasteiger partial charge in [-0.05, 0) is 47.6 Å². The lowest BCUT2D eigenvalue weighted by atomic mass is 9.98. The highest BCUT2D eigenvalue weighted by atomic mass is 15.2. The molecule has 2 heteroatoms. The molecule has 0 aromatic heterocycles. The van der Waals surface area contributed by atoms with E-state index in [0.29, 0.717) is 0 Å². The molecule has 0 bridgehead atoms. The van der Waals surface area contributed by atoms with Crippen molar-refractivity contribution in [3.05, 3.63) is 64.7 Å². The molecule has 0 radical (unpaired) electrons. The number of hydrogen-bond acceptors (Lipinski definition) is 2. The highest BCUT2D eigenvalue weighted by Gasteiger charge is 2.19. The number of fused-ring (bicyclic) bond motifs is 2. The zero-order valence-corrected chi connectivity index (χ0v) is 12.4. The summed E-state index contributed by atoms with van der Waals surface area (Å²) in [5.74, 6) is 0. The van der Waals surface area contributed by atoms with Crippen molar-refractivity contribution in [1.82, 2.24) is 5.32 Å². The Bertz CT molecular complexity index is 642. The summed E-state index contributed by atoms with van der Waals surface area (Å²) < 4.78 is 0. The molecule has 0 unspecified atom stereocenters. The van der Waals surface area contributed by atoms with Gasteiger partial charge in [-0.25, -0.2) is 0 Å². The van der Waals surface area contributed by atoms with Crippen LogP contribution in [0.25, 0.3) is 0 Å². The molecule has 2 nitrogen and oxygen atoms in total. The summed E-state index contributed by atoms with van der Waals surface area (Å²) in [4.78, 5) is 2.56. The number of hydrogen-bond donors (Lipinski definition) is 1. The highest BCUT2D eigenvalue weighted by molar-refractivity contribution is 5.59. The van der Waals surface area contributed by atoms with Crippen LogP contribution in [0, 0.1) is 0 Å². The van der Waals surface area contributed by atoms with Crippen LogP contribution in [0.15, 0.2) is 42.5 Å². The predicted molar refractivity (Wildman–Crippen MR) is 88.2 cm³/mol. The number of aryl methyl sites for hydroxylation is 1. The van der Waals surface area contributed by atoms with Gasteiger partial charge in [0.1, 0.15) is 0 Å². The molecule has 0 spiro atoms. The Morgan fingerprint density at radius 3 is 2.38 bits per heavy atom. The molecule has 0 saturated carbocycles. The highest BCUT2D eigenvalue weighted by Crippen LogP contribution is 2.31. The quantitative estimate of drug-likeness (QED) is 0.863. The van der Waals surface area contributed by atoms with Crippen LogP contribution in [0.5, 0.6) is 0 Å². The van der Waals surface area contributed by atoms with Gasteiger partial charge < -0.3 is 10.2 Å². The van der Waals surface area contributed by atoms with Gasteiger partial charge in [0.05, 0.1) is 0 Å². The number of nitrogens with zero attached hydrogens (tertiary/aromatic N) is 1. The van der Waals surface area contributed by atoms with E-state index in [1.54, 1.807) is 5.56 Å². The fraction of sp³-hybridized carbons (Fsp3) is 0.368. The number of piperazine rings is 1. The molecule has 0 amide bonds. The van der Waals surface area contributed by atoms with E-state index in [1.165, 1.54) is 35.2 Å². The minimum atomic E-state index is 1.09. The van der Waals surface area contributed by atoms with Gasteiger partial charge >= 0.3 is 0 Å². The molecule has 1 N–H and O–H groups in total. The summed E-state index contributed by atoms with van der Waals surface area (Å²) in [7, 11) is 0. The molecular weight excluding hydrogens is 256 g/mol. The van der Waals surface area contributed by atoms with E-state index < -0.39 is 0 Å². The van der Waals surface area contributed by atoms with E-state index >= 15 is 0 Å². The lowest BCUT2D eigenvalue weighted by molar-refractivity contribution is 0.587. The van der Waals surface area contributed by atoms with Crippen LogP contribution < -0.4 is 10.2 Å². The van der Waals surface area contributed by atoms with Crippen LogP contribution in [0.4, 0.5) is 5.69 Å². The third-order valence-corrected chi connectivity index (χ3v) is 4.85. The molecule has 1 fully saturated rings. The largest absolute Gasteiger partial charge is 0.369 e. The molecule has 2 aliphatic rings. The minimum absolute atomic E-state index is 1.09. The smallest absolute Gasteiger partial charge is 0.0402 e. The van der Waals surface area contributed by atoms with Crippen molar-refractivity contribution in [3.8, 4) is 0 Å². The number of benzene rings is 2. The second-order valence-electron chi connectivity index (χ2n) is 6.10. The second kappa shape index (κ2) is 5.53. The van der Waals surface area contributed by atoms with Crippen molar-refractivity contribution >= 4 is 5.69 Å². The van der Waals surface area contributed by atoms with Crippen molar-refractivity contribution in [3.63, 3.8) is 0 Å². The first-order valence-electron chi connectivity index (χ1n) is 8.05. The average molecular weight is 278 g/mol. The fourth-order valence-electron chi connectivity index (χ4n) is 3.72. The van der Waals surface area contributed by atoms with Crippen LogP contribution in [-0.2, 0) is 19.3 Å². The summed E-state index contributed by atoms with van der Waals surface area (Å²) in [6, 6.07) is 15.8. The standard InChI is InChI=1S/C19H22N2/c1-2-5-16-14-17-6-3-7-19(21-12-10-20-11-13-21)18(17)9-8-15(16)4-1/h1-7,20H,8-14H2. The molecule has 1 aliphatic heterocycles. The SMILES string of the molecule is c1ccc2c(c1)CCc1c(cccc1N1CCNCC1)C2. The Kier molecular flexibility index (Phi) is 3.40. The summed E-state index contributed by atoms with van der Waals surface area (Å²) in [6.45, 7) is 4.46. The van der Waals surface area contributed by atoms with Gasteiger partial charge in [-0.3, -0.25) is 0 Å². The van der Waals surface area contributed by atoms with Crippen molar-refractivity contribution in [2.45, 2.75) is 19.3 Å².